The van der Waals surface area contributed by atoms with Crippen LogP contribution >= 0.6 is 0 Å². The summed E-state index contributed by atoms with van der Waals surface area (Å²) in [5, 5.41) is 12.3. The van der Waals surface area contributed by atoms with E-state index < -0.39 is 0 Å². The predicted molar refractivity (Wildman–Crippen MR) is 94.7 cm³/mol. The molecule has 1 aliphatic rings. The first-order chi connectivity index (χ1) is 12.1. The Balaban J connectivity index is 2.26. The number of hydrogen-bond acceptors (Lipinski definition) is 5. The summed E-state index contributed by atoms with van der Waals surface area (Å²) in [4.78, 5) is 12.4. The fourth-order valence-electron chi connectivity index (χ4n) is 3.01. The van der Waals surface area contributed by atoms with E-state index in [0.29, 0.717) is 22.8 Å². The third-order valence-corrected chi connectivity index (χ3v) is 4.30. The fourth-order valence-corrected chi connectivity index (χ4v) is 3.01. The number of carbonyl (C=O) groups excluding carboxylic acids is 1. The van der Waals surface area contributed by atoms with Crippen molar-refractivity contribution in [3.63, 3.8) is 0 Å². The maximum atomic E-state index is 12.4. The van der Waals surface area contributed by atoms with Gasteiger partial charge >= 0.3 is 0 Å². The molecule has 0 aliphatic heterocycles. The molecular formula is C19H24N2O4. The zero-order chi connectivity index (χ0) is 18.2. The molecule has 1 saturated carbocycles. The first kappa shape index (κ1) is 18.7. The Morgan fingerprint density at radius 2 is 1.72 bits per heavy atom. The van der Waals surface area contributed by atoms with E-state index in [1.165, 1.54) is 33.8 Å². The molecule has 0 saturated heterocycles. The van der Waals surface area contributed by atoms with Crippen LogP contribution in [-0.4, -0.2) is 33.3 Å². The maximum Gasteiger partial charge on any atom is 0.262 e. The number of nitrogens with one attached hydrogen (secondary N) is 1. The molecule has 0 bridgehead atoms. The highest BCUT2D eigenvalue weighted by Crippen LogP contribution is 2.38. The highest BCUT2D eigenvalue weighted by Gasteiger charge is 2.19. The van der Waals surface area contributed by atoms with Gasteiger partial charge in [-0.3, -0.25) is 4.79 Å². The molecule has 1 amide bonds. The lowest BCUT2D eigenvalue weighted by Gasteiger charge is -2.22. The Hall–Kier alpha value is -2.68. The number of amides is 1. The van der Waals surface area contributed by atoms with Crippen LogP contribution in [0.2, 0.25) is 0 Å². The molecule has 1 N–H and O–H groups in total. The average Bonchev–Trinajstić information content (AvgIpc) is 2.65. The summed E-state index contributed by atoms with van der Waals surface area (Å²) >= 11 is 0. The van der Waals surface area contributed by atoms with Crippen molar-refractivity contribution in [3.8, 4) is 23.3 Å². The summed E-state index contributed by atoms with van der Waals surface area (Å²) in [6.45, 7) is 0. The first-order valence-corrected chi connectivity index (χ1v) is 8.35. The van der Waals surface area contributed by atoms with Crippen molar-refractivity contribution in [2.45, 2.75) is 38.1 Å². The monoisotopic (exact) mass is 344 g/mol. The summed E-state index contributed by atoms with van der Waals surface area (Å²) < 4.78 is 15.9. The molecule has 1 aliphatic carbocycles. The van der Waals surface area contributed by atoms with Gasteiger partial charge in [-0.2, -0.15) is 5.26 Å². The number of carbonyl (C=O) groups is 1. The molecule has 0 atom stereocenters. The van der Waals surface area contributed by atoms with Crippen molar-refractivity contribution in [2.75, 3.05) is 21.3 Å². The minimum absolute atomic E-state index is 0.0554. The molecule has 1 aromatic carbocycles. The summed E-state index contributed by atoms with van der Waals surface area (Å²) in [5.41, 5.74) is 0.685. The second-order valence-electron chi connectivity index (χ2n) is 5.94. The molecule has 1 fully saturated rings. The van der Waals surface area contributed by atoms with Gasteiger partial charge in [0.15, 0.2) is 11.5 Å². The zero-order valence-corrected chi connectivity index (χ0v) is 14.9. The number of nitriles is 1. The number of rotatable bonds is 6. The Morgan fingerprint density at radius 3 is 2.20 bits per heavy atom. The van der Waals surface area contributed by atoms with Gasteiger partial charge in [-0.1, -0.05) is 19.3 Å². The van der Waals surface area contributed by atoms with Gasteiger partial charge in [0, 0.05) is 6.04 Å². The van der Waals surface area contributed by atoms with E-state index >= 15 is 0 Å². The number of methoxy groups -OCH3 is 3. The molecule has 0 aromatic heterocycles. The van der Waals surface area contributed by atoms with E-state index in [2.05, 4.69) is 5.32 Å². The predicted octanol–water partition coefficient (Wildman–Crippen LogP) is 3.07. The Morgan fingerprint density at radius 1 is 1.12 bits per heavy atom. The number of hydrogen-bond donors (Lipinski definition) is 1. The third-order valence-electron chi connectivity index (χ3n) is 4.30. The van der Waals surface area contributed by atoms with E-state index in [1.807, 2.05) is 6.07 Å². The molecule has 25 heavy (non-hydrogen) atoms. The lowest BCUT2D eigenvalue weighted by molar-refractivity contribution is -0.117. The van der Waals surface area contributed by atoms with Crippen LogP contribution in [0, 0.1) is 11.3 Å². The van der Waals surface area contributed by atoms with Crippen LogP contribution in [0.3, 0.4) is 0 Å². The van der Waals surface area contributed by atoms with E-state index in [0.717, 1.165) is 25.7 Å². The summed E-state index contributed by atoms with van der Waals surface area (Å²) in [6.07, 6.45) is 6.90. The Bertz CT molecular complexity index is 660. The average molecular weight is 344 g/mol. The van der Waals surface area contributed by atoms with Gasteiger partial charge in [-0.25, -0.2) is 0 Å². The van der Waals surface area contributed by atoms with Gasteiger partial charge in [-0.15, -0.1) is 0 Å². The maximum absolute atomic E-state index is 12.4. The smallest absolute Gasteiger partial charge is 0.262 e. The minimum atomic E-state index is -0.344. The summed E-state index contributed by atoms with van der Waals surface area (Å²) in [5.74, 6) is 1.06. The molecule has 1 aromatic rings. The minimum Gasteiger partial charge on any atom is -0.493 e. The van der Waals surface area contributed by atoms with Crippen LogP contribution in [0.5, 0.6) is 17.2 Å². The van der Waals surface area contributed by atoms with Crippen LogP contribution < -0.4 is 19.5 Å². The van der Waals surface area contributed by atoms with Gasteiger partial charge < -0.3 is 19.5 Å². The van der Waals surface area contributed by atoms with Crippen LogP contribution in [0.1, 0.15) is 37.7 Å². The van der Waals surface area contributed by atoms with Gasteiger partial charge in [0.1, 0.15) is 11.6 Å². The van der Waals surface area contributed by atoms with Crippen molar-refractivity contribution in [1.82, 2.24) is 5.32 Å². The fraction of sp³-hybridized carbons (Fsp3) is 0.474. The Labute approximate surface area is 148 Å². The molecule has 6 nitrogen and oxygen atoms in total. The van der Waals surface area contributed by atoms with Crippen molar-refractivity contribution in [3.05, 3.63) is 23.3 Å². The third kappa shape index (κ3) is 4.66. The molecule has 134 valence electrons. The topological polar surface area (TPSA) is 80.6 Å². The highest BCUT2D eigenvalue weighted by atomic mass is 16.5. The normalized spacial score (nSPS) is 15.2. The van der Waals surface area contributed by atoms with Gasteiger partial charge in [0.2, 0.25) is 5.75 Å². The van der Waals surface area contributed by atoms with Crippen LogP contribution in [0.15, 0.2) is 17.7 Å². The Kier molecular flexibility index (Phi) is 6.70. The first-order valence-electron chi connectivity index (χ1n) is 8.35. The molecule has 0 spiro atoms. The number of ether oxygens (including phenoxy) is 3. The molecule has 2 rings (SSSR count). The van der Waals surface area contributed by atoms with Crippen molar-refractivity contribution in [1.29, 1.82) is 5.26 Å². The second-order valence-corrected chi connectivity index (χ2v) is 5.94. The number of nitrogens with zero attached hydrogens (tertiary/aromatic N) is 1. The van der Waals surface area contributed by atoms with Crippen LogP contribution in [0.4, 0.5) is 0 Å². The van der Waals surface area contributed by atoms with E-state index in [-0.39, 0.29) is 17.5 Å². The van der Waals surface area contributed by atoms with E-state index in [1.54, 1.807) is 12.1 Å². The zero-order valence-electron chi connectivity index (χ0n) is 14.9. The van der Waals surface area contributed by atoms with Gasteiger partial charge in [-0.05, 0) is 36.6 Å². The molecule has 0 heterocycles. The largest absolute Gasteiger partial charge is 0.493 e. The number of benzene rings is 1. The standard InChI is InChI=1S/C19H24N2O4/c1-23-16-10-13(11-17(24-2)18(16)25-3)9-14(12-20)19(22)21-15-7-5-4-6-8-15/h9-11,15H,4-8H2,1-3H3,(H,21,22). The SMILES string of the molecule is COc1cc(C=C(C#N)C(=O)NC2CCCCC2)cc(OC)c1OC. The van der Waals surface area contributed by atoms with E-state index in [4.69, 9.17) is 14.2 Å². The quantitative estimate of drug-likeness (QED) is 0.634. The lowest BCUT2D eigenvalue weighted by Crippen LogP contribution is -2.36. The van der Waals surface area contributed by atoms with Crippen LogP contribution in [-0.2, 0) is 4.79 Å². The van der Waals surface area contributed by atoms with Crippen LogP contribution in [0.25, 0.3) is 6.08 Å². The molecular weight excluding hydrogens is 320 g/mol. The van der Waals surface area contributed by atoms with Crippen molar-refractivity contribution in [2.24, 2.45) is 0 Å². The van der Waals surface area contributed by atoms with E-state index in [9.17, 15) is 10.1 Å². The molecule has 0 radical (unpaired) electrons. The van der Waals surface area contributed by atoms with Crippen molar-refractivity contribution < 1.29 is 19.0 Å². The molecule has 0 unspecified atom stereocenters. The lowest BCUT2D eigenvalue weighted by atomic mass is 9.95. The summed E-state index contributed by atoms with van der Waals surface area (Å²) in [6, 6.07) is 5.53. The van der Waals surface area contributed by atoms with Gasteiger partial charge in [0.05, 0.1) is 21.3 Å². The second kappa shape index (κ2) is 8.97. The highest BCUT2D eigenvalue weighted by molar-refractivity contribution is 6.02. The molecule has 6 heteroatoms. The summed E-state index contributed by atoms with van der Waals surface area (Å²) in [7, 11) is 4.56. The van der Waals surface area contributed by atoms with Gasteiger partial charge in [0.25, 0.3) is 5.91 Å². The van der Waals surface area contributed by atoms with Crippen molar-refractivity contribution >= 4 is 12.0 Å².